The number of carbonyl (C=O) groups is 1. The highest BCUT2D eigenvalue weighted by molar-refractivity contribution is 5.76. The molecule has 0 bridgehead atoms. The molecule has 0 radical (unpaired) electrons. The van der Waals surface area contributed by atoms with Crippen molar-refractivity contribution in [2.45, 2.75) is 82.9 Å². The Balaban J connectivity index is 1.44. The molecule has 0 saturated heterocycles. The third-order valence-corrected chi connectivity index (χ3v) is 5.66. The van der Waals surface area contributed by atoms with E-state index < -0.39 is 12.1 Å². The number of aliphatic hydroxyl groups excluding tert-OH is 2. The zero-order valence-electron chi connectivity index (χ0n) is 18.7. The van der Waals surface area contributed by atoms with E-state index in [1.54, 1.807) is 12.1 Å². The summed E-state index contributed by atoms with van der Waals surface area (Å²) in [6, 6.07) is 14.6. The van der Waals surface area contributed by atoms with Crippen LogP contribution in [-0.4, -0.2) is 28.8 Å². The summed E-state index contributed by atoms with van der Waals surface area (Å²) in [5.41, 5.74) is 0.695. The van der Waals surface area contributed by atoms with Crippen LogP contribution in [0.2, 0.25) is 0 Å². The molecular formula is C26H39N2O3+. The molecule has 2 rings (SSSR count). The molecule has 1 aromatic carbocycles. The largest absolute Gasteiger partial charge is 0.394 e. The maximum absolute atomic E-state index is 12.2. The van der Waals surface area contributed by atoms with Crippen LogP contribution in [0.3, 0.4) is 0 Å². The minimum atomic E-state index is -0.901. The molecule has 0 fully saturated rings. The number of carbonyl (C=O) groups excluding carboxylic acids is 1. The highest BCUT2D eigenvalue weighted by Crippen LogP contribution is 2.17. The van der Waals surface area contributed by atoms with Crippen molar-refractivity contribution in [3.8, 4) is 0 Å². The van der Waals surface area contributed by atoms with Gasteiger partial charge in [0, 0.05) is 25.0 Å². The second-order valence-electron chi connectivity index (χ2n) is 8.26. The second kappa shape index (κ2) is 15.5. The Morgan fingerprint density at radius 1 is 0.806 bits per heavy atom. The van der Waals surface area contributed by atoms with Crippen LogP contribution in [0, 0.1) is 0 Å². The first-order chi connectivity index (χ1) is 15.2. The number of aliphatic hydroxyl groups is 2. The summed E-state index contributed by atoms with van der Waals surface area (Å²) in [6.45, 7) is 0.814. The first-order valence-electron chi connectivity index (χ1n) is 11.8. The number of hydrogen-bond donors (Lipinski definition) is 3. The lowest BCUT2D eigenvalue weighted by molar-refractivity contribution is -0.697. The van der Waals surface area contributed by atoms with Crippen LogP contribution < -0.4 is 9.88 Å². The van der Waals surface area contributed by atoms with Crippen molar-refractivity contribution in [3.05, 3.63) is 66.5 Å². The number of nitrogens with zero attached hydrogens (tertiary/aromatic N) is 1. The van der Waals surface area contributed by atoms with Gasteiger partial charge in [-0.1, -0.05) is 74.9 Å². The van der Waals surface area contributed by atoms with Crippen LogP contribution in [0.1, 0.15) is 75.9 Å². The maximum atomic E-state index is 12.2. The highest BCUT2D eigenvalue weighted by Gasteiger charge is 2.21. The normalized spacial score (nSPS) is 13.0. The molecule has 1 aromatic heterocycles. The molecule has 5 heteroatoms. The van der Waals surface area contributed by atoms with Gasteiger partial charge < -0.3 is 15.5 Å². The van der Waals surface area contributed by atoms with E-state index in [1.165, 1.54) is 38.5 Å². The van der Waals surface area contributed by atoms with E-state index in [-0.39, 0.29) is 12.5 Å². The van der Waals surface area contributed by atoms with Gasteiger partial charge in [-0.3, -0.25) is 4.79 Å². The number of aryl methyl sites for hydroxylation is 1. The number of benzene rings is 1. The molecule has 5 nitrogen and oxygen atoms in total. The third-order valence-electron chi connectivity index (χ3n) is 5.66. The Labute approximate surface area is 187 Å². The lowest BCUT2D eigenvalue weighted by atomic mass is 10.0. The predicted octanol–water partition coefficient (Wildman–Crippen LogP) is 4.09. The summed E-state index contributed by atoms with van der Waals surface area (Å²) in [7, 11) is 0. The fourth-order valence-electron chi connectivity index (χ4n) is 3.79. The lowest BCUT2D eigenvalue weighted by Crippen LogP contribution is -2.41. The number of aromatic nitrogens is 1. The summed E-state index contributed by atoms with van der Waals surface area (Å²) in [4.78, 5) is 12.2. The summed E-state index contributed by atoms with van der Waals surface area (Å²) in [5, 5.41) is 22.7. The molecule has 0 spiro atoms. The quantitative estimate of drug-likeness (QED) is 0.279. The van der Waals surface area contributed by atoms with E-state index >= 15 is 0 Å². The minimum Gasteiger partial charge on any atom is -0.394 e. The molecule has 1 heterocycles. The molecule has 0 saturated carbocycles. The molecule has 0 aliphatic carbocycles. The standard InChI is InChI=1S/C26H38N2O3/c29-22-24(26(31)23-16-10-8-11-17-23)27-25(30)18-12-6-4-2-1-3-5-7-13-19-28-20-14-9-15-21-28/h8-11,14-17,20-21,24,26,29,31H,1-7,12-13,18-19,22H2/p+1/t24-,26-/m0/s1. The van der Waals surface area contributed by atoms with Crippen LogP contribution in [-0.2, 0) is 11.3 Å². The average molecular weight is 428 g/mol. The monoisotopic (exact) mass is 427 g/mol. The van der Waals surface area contributed by atoms with Crippen LogP contribution >= 0.6 is 0 Å². The molecule has 170 valence electrons. The van der Waals surface area contributed by atoms with Gasteiger partial charge in [-0.05, 0) is 18.4 Å². The molecule has 3 N–H and O–H groups in total. The molecular weight excluding hydrogens is 388 g/mol. The summed E-state index contributed by atoms with van der Waals surface area (Å²) in [6.07, 6.45) is 14.4. The minimum absolute atomic E-state index is 0.106. The van der Waals surface area contributed by atoms with Crippen LogP contribution in [0.4, 0.5) is 0 Å². The van der Waals surface area contributed by atoms with Crippen LogP contribution in [0.25, 0.3) is 0 Å². The fraction of sp³-hybridized carbons (Fsp3) is 0.538. The van der Waals surface area contributed by atoms with Crippen molar-refractivity contribution >= 4 is 5.91 Å². The van der Waals surface area contributed by atoms with Crippen molar-refractivity contribution in [3.63, 3.8) is 0 Å². The van der Waals surface area contributed by atoms with Gasteiger partial charge in [0.1, 0.15) is 12.6 Å². The Morgan fingerprint density at radius 2 is 1.35 bits per heavy atom. The Hall–Kier alpha value is -2.24. The summed E-state index contributed by atoms with van der Waals surface area (Å²) >= 11 is 0. The van der Waals surface area contributed by atoms with E-state index in [0.717, 1.165) is 25.8 Å². The Morgan fingerprint density at radius 3 is 1.97 bits per heavy atom. The van der Waals surface area contributed by atoms with Crippen molar-refractivity contribution < 1.29 is 19.6 Å². The van der Waals surface area contributed by atoms with Gasteiger partial charge in [0.2, 0.25) is 5.91 Å². The molecule has 1 amide bonds. The first kappa shape index (κ1) is 25.0. The fourth-order valence-corrected chi connectivity index (χ4v) is 3.79. The zero-order valence-corrected chi connectivity index (χ0v) is 18.7. The Kier molecular flexibility index (Phi) is 12.5. The highest BCUT2D eigenvalue weighted by atomic mass is 16.3. The molecule has 0 aliphatic rings. The van der Waals surface area contributed by atoms with Gasteiger partial charge in [0.05, 0.1) is 12.6 Å². The van der Waals surface area contributed by atoms with Crippen molar-refractivity contribution in [2.75, 3.05) is 6.61 Å². The second-order valence-corrected chi connectivity index (χ2v) is 8.26. The number of rotatable bonds is 16. The van der Waals surface area contributed by atoms with Crippen molar-refractivity contribution in [2.24, 2.45) is 0 Å². The number of pyridine rings is 1. The smallest absolute Gasteiger partial charge is 0.220 e. The van der Waals surface area contributed by atoms with Crippen LogP contribution in [0.15, 0.2) is 60.9 Å². The number of hydrogen-bond acceptors (Lipinski definition) is 3. The van der Waals surface area contributed by atoms with Gasteiger partial charge in [-0.25, -0.2) is 4.57 Å². The number of nitrogens with one attached hydrogen (secondary N) is 1. The van der Waals surface area contributed by atoms with Crippen LogP contribution in [0.5, 0.6) is 0 Å². The lowest BCUT2D eigenvalue weighted by Gasteiger charge is -2.22. The Bertz CT molecular complexity index is 709. The third kappa shape index (κ3) is 10.6. The maximum Gasteiger partial charge on any atom is 0.220 e. The van der Waals surface area contributed by atoms with E-state index in [2.05, 4.69) is 34.4 Å². The van der Waals surface area contributed by atoms with Gasteiger partial charge >= 0.3 is 0 Å². The first-order valence-corrected chi connectivity index (χ1v) is 11.8. The SMILES string of the molecule is O=C(CCCCCCCCCCC[n+]1ccccc1)N[C@@H](CO)[C@@H](O)c1ccccc1. The average Bonchev–Trinajstić information content (AvgIpc) is 2.81. The van der Waals surface area contributed by atoms with E-state index in [0.29, 0.717) is 12.0 Å². The van der Waals surface area contributed by atoms with Gasteiger partial charge in [0.15, 0.2) is 12.4 Å². The topological polar surface area (TPSA) is 73.4 Å². The number of amides is 1. The molecule has 2 atom stereocenters. The number of unbranched alkanes of at least 4 members (excludes halogenated alkanes) is 8. The summed E-state index contributed by atoms with van der Waals surface area (Å²) < 4.78 is 2.24. The summed E-state index contributed by atoms with van der Waals surface area (Å²) in [5.74, 6) is -0.106. The van der Waals surface area contributed by atoms with E-state index in [1.807, 2.05) is 24.3 Å². The zero-order chi connectivity index (χ0) is 22.2. The van der Waals surface area contributed by atoms with Crippen molar-refractivity contribution in [1.29, 1.82) is 0 Å². The molecule has 0 unspecified atom stereocenters. The van der Waals surface area contributed by atoms with Gasteiger partial charge in [-0.15, -0.1) is 0 Å². The van der Waals surface area contributed by atoms with E-state index in [9.17, 15) is 15.0 Å². The van der Waals surface area contributed by atoms with Gasteiger partial charge in [-0.2, -0.15) is 0 Å². The van der Waals surface area contributed by atoms with E-state index in [4.69, 9.17) is 0 Å². The van der Waals surface area contributed by atoms with Crippen molar-refractivity contribution in [1.82, 2.24) is 5.32 Å². The van der Waals surface area contributed by atoms with Gasteiger partial charge in [0.25, 0.3) is 0 Å². The molecule has 31 heavy (non-hydrogen) atoms. The molecule has 2 aromatic rings. The predicted molar refractivity (Wildman–Crippen MR) is 123 cm³/mol. The molecule has 0 aliphatic heterocycles.